The molecule has 0 aliphatic carbocycles. The molecule has 3 aromatic carbocycles. The molecular formula is C23H17N3O2. The number of nitro benzene ring substituents is 1. The zero-order chi connectivity index (χ0) is 19.9. The molecule has 0 fully saturated rings. The molecule has 0 aliphatic heterocycles. The fraction of sp³-hybridized carbons (Fsp3) is 0. The maximum Gasteiger partial charge on any atom is 0.287 e. The molecule has 0 saturated carbocycles. The summed E-state index contributed by atoms with van der Waals surface area (Å²) >= 11 is 0. The van der Waals surface area contributed by atoms with Crippen molar-refractivity contribution >= 4 is 35.7 Å². The van der Waals surface area contributed by atoms with E-state index in [9.17, 15) is 10.1 Å². The highest BCUT2D eigenvalue weighted by atomic mass is 16.6. The minimum absolute atomic E-state index is 0.0512. The van der Waals surface area contributed by atoms with Crippen molar-refractivity contribution < 1.29 is 4.92 Å². The van der Waals surface area contributed by atoms with Crippen LogP contribution in [0.15, 0.2) is 66.7 Å². The van der Waals surface area contributed by atoms with E-state index in [0.717, 1.165) is 27.9 Å². The average Bonchev–Trinajstić information content (AvgIpc) is 2.72. The lowest BCUT2D eigenvalue weighted by Crippen LogP contribution is -1.92. The first-order chi connectivity index (χ1) is 13.5. The first-order valence-corrected chi connectivity index (χ1v) is 8.55. The van der Waals surface area contributed by atoms with Gasteiger partial charge in [-0.25, -0.2) is 0 Å². The van der Waals surface area contributed by atoms with Crippen LogP contribution < -0.4 is 5.73 Å². The Hall–Kier alpha value is -4.17. The van der Waals surface area contributed by atoms with Gasteiger partial charge in [-0.1, -0.05) is 60.7 Å². The van der Waals surface area contributed by atoms with Crippen LogP contribution in [-0.4, -0.2) is 4.92 Å². The lowest BCUT2D eigenvalue weighted by atomic mass is 10.1. The summed E-state index contributed by atoms with van der Waals surface area (Å²) in [4.78, 5) is 10.3. The molecule has 3 rings (SSSR count). The van der Waals surface area contributed by atoms with Crippen LogP contribution in [-0.2, 0) is 0 Å². The Bertz CT molecular complexity index is 1090. The number of hydrogen-bond donors (Lipinski definition) is 1. The molecule has 5 heteroatoms. The van der Waals surface area contributed by atoms with E-state index in [1.165, 1.54) is 12.1 Å². The predicted octanol–water partition coefficient (Wildman–Crippen LogP) is 5.39. The van der Waals surface area contributed by atoms with E-state index in [0.29, 0.717) is 0 Å². The van der Waals surface area contributed by atoms with Crippen LogP contribution in [0.25, 0.3) is 24.3 Å². The molecule has 3 aromatic rings. The molecule has 0 aliphatic rings. The number of nitrogens with zero attached hydrogens (tertiary/aromatic N) is 2. The van der Waals surface area contributed by atoms with Crippen LogP contribution >= 0.6 is 0 Å². The summed E-state index contributed by atoms with van der Waals surface area (Å²) in [5.41, 5.74) is 10.1. The lowest BCUT2D eigenvalue weighted by molar-refractivity contribution is -0.385. The summed E-state index contributed by atoms with van der Waals surface area (Å²) in [6, 6.07) is 22.0. The van der Waals surface area contributed by atoms with Crippen LogP contribution in [0.1, 0.15) is 27.8 Å². The zero-order valence-corrected chi connectivity index (χ0v) is 14.9. The SMILES string of the molecule is N#Cc1cc(C=Cc2ccc(C=Cc3ccc(N)cc3)cc2)ccc1[N+](=O)[O-]. The highest BCUT2D eigenvalue weighted by molar-refractivity contribution is 5.74. The smallest absolute Gasteiger partial charge is 0.287 e. The van der Waals surface area contributed by atoms with Crippen LogP contribution in [0, 0.1) is 21.4 Å². The van der Waals surface area contributed by atoms with Gasteiger partial charge in [0.1, 0.15) is 11.6 Å². The molecule has 0 amide bonds. The van der Waals surface area contributed by atoms with Crippen molar-refractivity contribution in [2.75, 3.05) is 5.73 Å². The minimum atomic E-state index is -0.553. The van der Waals surface area contributed by atoms with Gasteiger partial charge in [-0.15, -0.1) is 0 Å². The van der Waals surface area contributed by atoms with Gasteiger partial charge < -0.3 is 5.73 Å². The van der Waals surface area contributed by atoms with Crippen molar-refractivity contribution in [3.05, 3.63) is 105 Å². The fourth-order valence-electron chi connectivity index (χ4n) is 2.62. The number of nitrogens with two attached hydrogens (primary N) is 1. The van der Waals surface area contributed by atoms with Crippen LogP contribution in [0.3, 0.4) is 0 Å². The molecule has 28 heavy (non-hydrogen) atoms. The van der Waals surface area contributed by atoms with Gasteiger partial charge in [0.05, 0.1) is 4.92 Å². The van der Waals surface area contributed by atoms with E-state index < -0.39 is 4.92 Å². The monoisotopic (exact) mass is 367 g/mol. The molecule has 136 valence electrons. The molecule has 0 heterocycles. The number of nitrogen functional groups attached to an aromatic ring is 1. The number of anilines is 1. The molecule has 0 radical (unpaired) electrons. The third-order valence-electron chi connectivity index (χ3n) is 4.15. The fourth-order valence-corrected chi connectivity index (χ4v) is 2.62. The van der Waals surface area contributed by atoms with E-state index in [1.807, 2.05) is 78.9 Å². The van der Waals surface area contributed by atoms with Gasteiger partial charge in [0.25, 0.3) is 5.69 Å². The molecule has 0 atom stereocenters. The van der Waals surface area contributed by atoms with E-state index in [1.54, 1.807) is 6.07 Å². The maximum absolute atomic E-state index is 10.9. The van der Waals surface area contributed by atoms with Gasteiger partial charge in [0.2, 0.25) is 0 Å². The van der Waals surface area contributed by atoms with Crippen molar-refractivity contribution in [2.45, 2.75) is 0 Å². The van der Waals surface area contributed by atoms with Crippen LogP contribution in [0.4, 0.5) is 11.4 Å². The second kappa shape index (κ2) is 8.47. The number of hydrogen-bond acceptors (Lipinski definition) is 4. The normalized spacial score (nSPS) is 11.0. The molecule has 0 saturated heterocycles. The Labute approximate surface area is 162 Å². The molecule has 5 nitrogen and oxygen atoms in total. The summed E-state index contributed by atoms with van der Waals surface area (Å²) in [7, 11) is 0. The Morgan fingerprint density at radius 2 is 1.21 bits per heavy atom. The quantitative estimate of drug-likeness (QED) is 0.283. The largest absolute Gasteiger partial charge is 0.399 e. The summed E-state index contributed by atoms with van der Waals surface area (Å²) in [5, 5.41) is 20.0. The van der Waals surface area contributed by atoms with Crippen molar-refractivity contribution in [1.29, 1.82) is 5.26 Å². The Balaban J connectivity index is 1.71. The van der Waals surface area contributed by atoms with E-state index >= 15 is 0 Å². The molecule has 0 aromatic heterocycles. The highest BCUT2D eigenvalue weighted by Crippen LogP contribution is 2.20. The molecule has 2 N–H and O–H groups in total. The summed E-state index contributed by atoms with van der Waals surface area (Å²) in [5.74, 6) is 0. The van der Waals surface area contributed by atoms with Gasteiger partial charge in [-0.2, -0.15) is 5.26 Å². The van der Waals surface area contributed by atoms with Crippen molar-refractivity contribution in [3.8, 4) is 6.07 Å². The molecule has 0 bridgehead atoms. The highest BCUT2D eigenvalue weighted by Gasteiger charge is 2.12. The zero-order valence-electron chi connectivity index (χ0n) is 14.9. The molecular weight excluding hydrogens is 350 g/mol. The number of nitriles is 1. The van der Waals surface area contributed by atoms with Crippen molar-refractivity contribution in [2.24, 2.45) is 0 Å². The first kappa shape index (κ1) is 18.6. The number of rotatable bonds is 5. The summed E-state index contributed by atoms with van der Waals surface area (Å²) in [6.45, 7) is 0. The molecule has 0 unspecified atom stereocenters. The maximum atomic E-state index is 10.9. The van der Waals surface area contributed by atoms with Crippen molar-refractivity contribution in [1.82, 2.24) is 0 Å². The van der Waals surface area contributed by atoms with Gasteiger partial charge in [0, 0.05) is 11.8 Å². The Morgan fingerprint density at radius 3 is 1.68 bits per heavy atom. The van der Waals surface area contributed by atoms with Crippen LogP contribution in [0.2, 0.25) is 0 Å². The summed E-state index contributed by atoms with van der Waals surface area (Å²) in [6.07, 6.45) is 7.76. The van der Waals surface area contributed by atoms with Crippen LogP contribution in [0.5, 0.6) is 0 Å². The lowest BCUT2D eigenvalue weighted by Gasteiger charge is -1.99. The first-order valence-electron chi connectivity index (χ1n) is 8.55. The van der Waals surface area contributed by atoms with E-state index in [-0.39, 0.29) is 11.3 Å². The van der Waals surface area contributed by atoms with Gasteiger partial charge in [-0.05, 0) is 46.5 Å². The van der Waals surface area contributed by atoms with Gasteiger partial charge in [-0.3, -0.25) is 10.1 Å². The second-order valence-electron chi connectivity index (χ2n) is 6.15. The third-order valence-corrected chi connectivity index (χ3v) is 4.15. The number of nitro groups is 1. The average molecular weight is 367 g/mol. The Morgan fingerprint density at radius 1 is 0.786 bits per heavy atom. The Kier molecular flexibility index (Phi) is 5.63. The van der Waals surface area contributed by atoms with E-state index in [4.69, 9.17) is 11.0 Å². The third kappa shape index (κ3) is 4.71. The summed E-state index contributed by atoms with van der Waals surface area (Å²) < 4.78 is 0. The molecule has 0 spiro atoms. The van der Waals surface area contributed by atoms with Crippen molar-refractivity contribution in [3.63, 3.8) is 0 Å². The standard InChI is InChI=1S/C23H17N3O2/c24-16-21-15-20(11-14-23(21)26(27)28)8-7-18-3-1-17(2-4-18)5-6-19-9-12-22(25)13-10-19/h1-15H,25H2. The minimum Gasteiger partial charge on any atom is -0.399 e. The second-order valence-corrected chi connectivity index (χ2v) is 6.15. The predicted molar refractivity (Wildman–Crippen MR) is 113 cm³/mol. The van der Waals surface area contributed by atoms with E-state index in [2.05, 4.69) is 0 Å². The van der Waals surface area contributed by atoms with Gasteiger partial charge in [0.15, 0.2) is 0 Å². The topological polar surface area (TPSA) is 93.0 Å². The number of benzene rings is 3. The van der Waals surface area contributed by atoms with Gasteiger partial charge >= 0.3 is 0 Å².